The minimum absolute atomic E-state index is 0.0544. The fraction of sp³-hybridized carbons (Fsp3) is 0.333. The van der Waals surface area contributed by atoms with Crippen molar-refractivity contribution < 1.29 is 14.3 Å². The van der Waals surface area contributed by atoms with Crippen molar-refractivity contribution in [1.29, 1.82) is 0 Å². The van der Waals surface area contributed by atoms with Crippen LogP contribution in [0.1, 0.15) is 42.1 Å². The summed E-state index contributed by atoms with van der Waals surface area (Å²) in [5, 5.41) is 0. The maximum atomic E-state index is 13.0. The van der Waals surface area contributed by atoms with Crippen LogP contribution in [0.3, 0.4) is 0 Å². The third-order valence-electron chi connectivity index (χ3n) is 7.08. The molecule has 5 rings (SSSR count). The fourth-order valence-corrected chi connectivity index (χ4v) is 4.90. The molecule has 1 aliphatic rings. The van der Waals surface area contributed by atoms with Crippen molar-refractivity contribution in [1.82, 2.24) is 9.55 Å². The van der Waals surface area contributed by atoms with Gasteiger partial charge in [-0.2, -0.15) is 0 Å². The average molecular weight is 484 g/mol. The van der Waals surface area contributed by atoms with Gasteiger partial charge in [-0.25, -0.2) is 4.98 Å². The van der Waals surface area contributed by atoms with E-state index in [2.05, 4.69) is 48.7 Å². The maximum absolute atomic E-state index is 13.0. The summed E-state index contributed by atoms with van der Waals surface area (Å²) >= 11 is 0. The molecule has 3 aromatic carbocycles. The van der Waals surface area contributed by atoms with Crippen LogP contribution in [-0.2, 0) is 11.3 Å². The molecule has 0 saturated carbocycles. The molecule has 1 saturated heterocycles. The van der Waals surface area contributed by atoms with Gasteiger partial charge in [0.1, 0.15) is 17.3 Å². The molecule has 6 nitrogen and oxygen atoms in total. The second-order valence-electron chi connectivity index (χ2n) is 9.52. The van der Waals surface area contributed by atoms with Gasteiger partial charge in [0.2, 0.25) is 5.91 Å². The summed E-state index contributed by atoms with van der Waals surface area (Å²) in [5.74, 6) is 2.89. The number of nitrogens with zero attached hydrogens (tertiary/aromatic N) is 3. The molecule has 4 aromatic rings. The van der Waals surface area contributed by atoms with Crippen molar-refractivity contribution in [3.8, 4) is 11.5 Å². The van der Waals surface area contributed by atoms with Gasteiger partial charge in [0, 0.05) is 31.1 Å². The molecule has 0 N–H and O–H groups in total. The number of rotatable bonds is 9. The topological polar surface area (TPSA) is 56.6 Å². The third kappa shape index (κ3) is 4.94. The zero-order valence-electron chi connectivity index (χ0n) is 21.2. The van der Waals surface area contributed by atoms with Crippen molar-refractivity contribution in [3.05, 3.63) is 83.7 Å². The molecule has 1 atom stereocenters. The smallest absolute Gasteiger partial charge is 0.227 e. The first-order chi connectivity index (χ1) is 17.5. The van der Waals surface area contributed by atoms with E-state index < -0.39 is 0 Å². The summed E-state index contributed by atoms with van der Waals surface area (Å²) in [6.45, 7) is 6.37. The normalized spacial score (nSPS) is 15.6. The quantitative estimate of drug-likeness (QED) is 0.272. The number of benzene rings is 3. The zero-order chi connectivity index (χ0) is 25.1. The van der Waals surface area contributed by atoms with E-state index in [1.54, 1.807) is 7.11 Å². The van der Waals surface area contributed by atoms with Crippen LogP contribution in [-0.4, -0.2) is 35.7 Å². The zero-order valence-corrected chi connectivity index (χ0v) is 21.2. The average Bonchev–Trinajstić information content (AvgIpc) is 3.46. The molecule has 0 bridgehead atoms. The molecule has 186 valence electrons. The molecular formula is C30H33N3O3. The number of ether oxygens (including phenoxy) is 2. The first kappa shape index (κ1) is 23.9. The standard InChI is InChI=1S/C30H33N3O3/c1-21-10-13-26(18-22(21)2)36-17-7-6-16-32-28-9-5-4-8-27(28)31-30(32)23-19-29(34)33(20-23)24-11-14-25(35-3)15-12-24/h4-5,8-15,18,23H,6-7,16-17,19-20H2,1-3H3. The summed E-state index contributed by atoms with van der Waals surface area (Å²) in [6, 6.07) is 22.2. The van der Waals surface area contributed by atoms with Gasteiger partial charge in [-0.05, 0) is 86.3 Å². The first-order valence-electron chi connectivity index (χ1n) is 12.6. The van der Waals surface area contributed by atoms with Crippen LogP contribution in [0.25, 0.3) is 11.0 Å². The van der Waals surface area contributed by atoms with E-state index >= 15 is 0 Å². The number of methoxy groups -OCH3 is 1. The molecule has 1 aliphatic heterocycles. The van der Waals surface area contributed by atoms with Gasteiger partial charge in [-0.15, -0.1) is 0 Å². The van der Waals surface area contributed by atoms with Crippen LogP contribution in [0, 0.1) is 13.8 Å². The highest BCUT2D eigenvalue weighted by Crippen LogP contribution is 2.34. The lowest BCUT2D eigenvalue weighted by Gasteiger charge is -2.18. The van der Waals surface area contributed by atoms with E-state index in [9.17, 15) is 4.79 Å². The Hall–Kier alpha value is -3.80. The lowest BCUT2D eigenvalue weighted by molar-refractivity contribution is -0.117. The number of anilines is 1. The molecule has 2 heterocycles. The Morgan fingerprint density at radius 3 is 2.50 bits per heavy atom. The third-order valence-corrected chi connectivity index (χ3v) is 7.08. The van der Waals surface area contributed by atoms with Gasteiger partial charge in [-0.1, -0.05) is 18.2 Å². The molecule has 1 amide bonds. The molecule has 0 aliphatic carbocycles. The highest BCUT2D eigenvalue weighted by atomic mass is 16.5. The Labute approximate surface area is 212 Å². The van der Waals surface area contributed by atoms with Gasteiger partial charge >= 0.3 is 0 Å². The number of amides is 1. The highest BCUT2D eigenvalue weighted by Gasteiger charge is 2.34. The summed E-state index contributed by atoms with van der Waals surface area (Å²) in [4.78, 5) is 19.8. The second-order valence-corrected chi connectivity index (χ2v) is 9.52. The fourth-order valence-electron chi connectivity index (χ4n) is 4.90. The number of para-hydroxylation sites is 2. The number of hydrogen-bond donors (Lipinski definition) is 0. The Balaban J connectivity index is 1.27. The van der Waals surface area contributed by atoms with Crippen molar-refractivity contribution in [2.45, 2.75) is 45.6 Å². The maximum Gasteiger partial charge on any atom is 0.227 e. The molecule has 1 aromatic heterocycles. The predicted octanol–water partition coefficient (Wildman–Crippen LogP) is 6.04. The minimum atomic E-state index is 0.0544. The number of fused-ring (bicyclic) bond motifs is 1. The Kier molecular flexibility index (Phi) is 6.94. The van der Waals surface area contributed by atoms with E-state index in [0.717, 1.165) is 53.4 Å². The Morgan fingerprint density at radius 2 is 1.72 bits per heavy atom. The van der Waals surface area contributed by atoms with Gasteiger partial charge < -0.3 is 18.9 Å². The SMILES string of the molecule is COc1ccc(N2CC(c3nc4ccccc4n3CCCCOc3ccc(C)c(C)c3)CC2=O)cc1. The number of aryl methyl sites for hydroxylation is 3. The van der Waals surface area contributed by atoms with E-state index in [1.165, 1.54) is 11.1 Å². The van der Waals surface area contributed by atoms with Gasteiger partial charge in [0.25, 0.3) is 0 Å². The summed E-state index contributed by atoms with van der Waals surface area (Å²) < 4.78 is 13.6. The lowest BCUT2D eigenvalue weighted by Crippen LogP contribution is -2.24. The largest absolute Gasteiger partial charge is 0.497 e. The molecule has 1 unspecified atom stereocenters. The van der Waals surface area contributed by atoms with Gasteiger partial charge in [0.15, 0.2) is 0 Å². The number of carbonyl (C=O) groups is 1. The van der Waals surface area contributed by atoms with Crippen LogP contribution in [0.15, 0.2) is 66.7 Å². The summed E-state index contributed by atoms with van der Waals surface area (Å²) in [7, 11) is 1.64. The number of carbonyl (C=O) groups excluding carboxylic acids is 1. The van der Waals surface area contributed by atoms with Crippen molar-refractivity contribution in [2.75, 3.05) is 25.2 Å². The van der Waals surface area contributed by atoms with E-state index in [4.69, 9.17) is 14.5 Å². The van der Waals surface area contributed by atoms with Crippen molar-refractivity contribution >= 4 is 22.6 Å². The first-order valence-corrected chi connectivity index (χ1v) is 12.6. The van der Waals surface area contributed by atoms with Gasteiger partial charge in [0.05, 0.1) is 24.8 Å². The predicted molar refractivity (Wildman–Crippen MR) is 143 cm³/mol. The molecule has 1 fully saturated rings. The second kappa shape index (κ2) is 10.4. The number of aromatic nitrogens is 2. The minimum Gasteiger partial charge on any atom is -0.497 e. The van der Waals surface area contributed by atoms with E-state index in [1.807, 2.05) is 41.3 Å². The molecule has 36 heavy (non-hydrogen) atoms. The Bertz CT molecular complexity index is 1360. The van der Waals surface area contributed by atoms with Gasteiger partial charge in [-0.3, -0.25) is 4.79 Å². The van der Waals surface area contributed by atoms with E-state index in [0.29, 0.717) is 19.6 Å². The molecule has 0 radical (unpaired) electrons. The van der Waals surface area contributed by atoms with Crippen LogP contribution in [0.2, 0.25) is 0 Å². The summed E-state index contributed by atoms with van der Waals surface area (Å²) in [5.41, 5.74) is 5.52. The Morgan fingerprint density at radius 1 is 0.944 bits per heavy atom. The lowest BCUT2D eigenvalue weighted by atomic mass is 10.1. The molecule has 0 spiro atoms. The van der Waals surface area contributed by atoms with Crippen LogP contribution in [0.5, 0.6) is 11.5 Å². The summed E-state index contributed by atoms with van der Waals surface area (Å²) in [6.07, 6.45) is 2.38. The number of imidazole rings is 1. The monoisotopic (exact) mass is 483 g/mol. The van der Waals surface area contributed by atoms with E-state index in [-0.39, 0.29) is 11.8 Å². The highest BCUT2D eigenvalue weighted by molar-refractivity contribution is 5.96. The van der Waals surface area contributed by atoms with Crippen molar-refractivity contribution in [3.63, 3.8) is 0 Å². The van der Waals surface area contributed by atoms with Crippen LogP contribution < -0.4 is 14.4 Å². The molecule has 6 heteroatoms. The number of hydrogen-bond acceptors (Lipinski definition) is 4. The molecular weight excluding hydrogens is 450 g/mol. The van der Waals surface area contributed by atoms with Crippen LogP contribution >= 0.6 is 0 Å². The number of unbranched alkanes of at least 4 members (excludes halogenated alkanes) is 1. The van der Waals surface area contributed by atoms with Crippen LogP contribution in [0.4, 0.5) is 5.69 Å². The van der Waals surface area contributed by atoms with Crippen molar-refractivity contribution in [2.24, 2.45) is 0 Å².